The van der Waals surface area contributed by atoms with Gasteiger partial charge in [0.2, 0.25) is 0 Å². The van der Waals surface area contributed by atoms with Gasteiger partial charge in [-0.15, -0.1) is 11.6 Å². The molecule has 1 nitrogen and oxygen atoms in total. The second kappa shape index (κ2) is 6.17. The Kier molecular flexibility index (Phi) is 4.81. The minimum Gasteiger partial charge on any atom is -0.292 e. The lowest BCUT2D eigenvalue weighted by Gasteiger charge is -2.10. The fourth-order valence-electron chi connectivity index (χ4n) is 1.60. The van der Waals surface area contributed by atoms with E-state index in [9.17, 15) is 4.79 Å². The van der Waals surface area contributed by atoms with E-state index in [-0.39, 0.29) is 5.78 Å². The van der Waals surface area contributed by atoms with Gasteiger partial charge in [-0.3, -0.25) is 4.79 Å². The van der Waals surface area contributed by atoms with Crippen molar-refractivity contribution in [2.75, 3.05) is 0 Å². The van der Waals surface area contributed by atoms with E-state index < -0.39 is 5.38 Å². The Morgan fingerprint density at radius 2 is 1.83 bits per heavy atom. The Morgan fingerprint density at radius 3 is 2.50 bits per heavy atom. The van der Waals surface area contributed by atoms with Crippen LogP contribution < -0.4 is 0 Å². The zero-order valence-electron chi connectivity index (χ0n) is 9.24. The Bertz CT molecular complexity index is 571. The molecule has 0 aliphatic heterocycles. The fraction of sp³-hybridized carbons (Fsp3) is 0.0714. The van der Waals surface area contributed by atoms with Crippen LogP contribution in [0.25, 0.3) is 0 Å². The summed E-state index contributed by atoms with van der Waals surface area (Å²) in [6.45, 7) is 0. The third-order valence-corrected chi connectivity index (χ3v) is 4.33. The summed E-state index contributed by atoms with van der Waals surface area (Å²) in [5.74, 6) is -0.0896. The topological polar surface area (TPSA) is 17.1 Å². The van der Waals surface area contributed by atoms with Crippen LogP contribution in [0.5, 0.6) is 0 Å². The van der Waals surface area contributed by atoms with Gasteiger partial charge in [-0.25, -0.2) is 0 Å². The number of hydrogen-bond acceptors (Lipinski definition) is 1. The first-order chi connectivity index (χ1) is 8.59. The summed E-state index contributed by atoms with van der Waals surface area (Å²) in [7, 11) is 0. The molecule has 0 saturated carbocycles. The number of hydrogen-bond donors (Lipinski definition) is 0. The number of rotatable bonds is 3. The summed E-state index contributed by atoms with van der Waals surface area (Å²) in [6, 6.07) is 15.0. The number of carbonyl (C=O) groups is 1. The molecule has 0 saturated heterocycles. The van der Waals surface area contributed by atoms with Gasteiger partial charge in [0.15, 0.2) is 5.78 Å². The quantitative estimate of drug-likeness (QED) is 0.367. The molecule has 0 N–H and O–H groups in total. The zero-order valence-corrected chi connectivity index (χ0v) is 13.7. The molecule has 0 fully saturated rings. The molecule has 92 valence electrons. The highest BCUT2D eigenvalue weighted by Gasteiger charge is 2.21. The number of Topliss-reactive ketones (excluding diaryl/α,β-unsaturated/α-hetero) is 1. The number of carbonyl (C=O) groups excluding carboxylic acids is 1. The second-order valence-electron chi connectivity index (χ2n) is 3.76. The monoisotopic (exact) mass is 434 g/mol. The van der Waals surface area contributed by atoms with Crippen molar-refractivity contribution in [2.24, 2.45) is 0 Å². The predicted octanol–water partition coefficient (Wildman–Crippen LogP) is 5.22. The van der Waals surface area contributed by atoms with Crippen molar-refractivity contribution >= 4 is 55.9 Å². The lowest BCUT2D eigenvalue weighted by molar-refractivity contribution is 0.0986. The zero-order chi connectivity index (χ0) is 13.1. The van der Waals surface area contributed by atoms with Crippen molar-refractivity contribution < 1.29 is 4.79 Å². The third kappa shape index (κ3) is 3.13. The molecule has 2 aromatic rings. The number of ketones is 1. The molecule has 0 aromatic heterocycles. The number of halogens is 3. The van der Waals surface area contributed by atoms with Crippen LogP contribution in [0, 0.1) is 3.57 Å². The van der Waals surface area contributed by atoms with Crippen LogP contribution in [0.4, 0.5) is 0 Å². The summed E-state index contributed by atoms with van der Waals surface area (Å²) in [5.41, 5.74) is 1.43. The largest absolute Gasteiger partial charge is 0.292 e. The highest BCUT2D eigenvalue weighted by Crippen LogP contribution is 2.29. The van der Waals surface area contributed by atoms with Gasteiger partial charge in [0.05, 0.1) is 0 Å². The molecule has 0 amide bonds. The number of alkyl halides is 1. The average Bonchev–Trinajstić information content (AvgIpc) is 2.41. The summed E-state index contributed by atoms with van der Waals surface area (Å²) < 4.78 is 1.78. The van der Waals surface area contributed by atoms with Gasteiger partial charge in [0, 0.05) is 13.6 Å². The fourth-order valence-corrected chi connectivity index (χ4v) is 2.79. The minimum atomic E-state index is -0.652. The van der Waals surface area contributed by atoms with E-state index in [0.717, 1.165) is 13.6 Å². The molecule has 2 aromatic carbocycles. The van der Waals surface area contributed by atoms with Crippen LogP contribution in [-0.2, 0) is 0 Å². The molecular formula is C14H9BrClIO. The lowest BCUT2D eigenvalue weighted by atomic mass is 10.0. The molecule has 0 spiro atoms. The Morgan fingerprint density at radius 1 is 1.17 bits per heavy atom. The van der Waals surface area contributed by atoms with Gasteiger partial charge in [0.25, 0.3) is 0 Å². The Hall–Kier alpha value is -0.390. The summed E-state index contributed by atoms with van der Waals surface area (Å²) in [5, 5.41) is -0.652. The third-order valence-electron chi connectivity index (χ3n) is 2.52. The maximum absolute atomic E-state index is 12.4. The van der Waals surface area contributed by atoms with Gasteiger partial charge < -0.3 is 0 Å². The van der Waals surface area contributed by atoms with Crippen molar-refractivity contribution in [3.8, 4) is 0 Å². The van der Waals surface area contributed by atoms with Crippen LogP contribution in [0.1, 0.15) is 21.3 Å². The number of benzene rings is 2. The van der Waals surface area contributed by atoms with Crippen LogP contribution in [-0.4, -0.2) is 5.78 Å². The summed E-state index contributed by atoms with van der Waals surface area (Å²) in [6.07, 6.45) is 0. The molecule has 1 unspecified atom stereocenters. The molecular weight excluding hydrogens is 426 g/mol. The Balaban J connectivity index is 2.34. The Labute approximate surface area is 133 Å². The SMILES string of the molecule is O=C(c1cc(I)ccc1Br)C(Cl)c1ccccc1. The minimum absolute atomic E-state index is 0.0896. The average molecular weight is 435 g/mol. The molecule has 0 heterocycles. The van der Waals surface area contributed by atoms with E-state index in [1.54, 1.807) is 0 Å². The van der Waals surface area contributed by atoms with Gasteiger partial charge >= 0.3 is 0 Å². The molecule has 2 rings (SSSR count). The van der Waals surface area contributed by atoms with E-state index in [1.165, 1.54) is 0 Å². The van der Waals surface area contributed by atoms with Crippen molar-refractivity contribution in [3.05, 3.63) is 67.7 Å². The summed E-state index contributed by atoms with van der Waals surface area (Å²) in [4.78, 5) is 12.4. The van der Waals surface area contributed by atoms with Crippen LogP contribution >= 0.6 is 50.1 Å². The second-order valence-corrected chi connectivity index (χ2v) is 6.30. The van der Waals surface area contributed by atoms with Crippen molar-refractivity contribution in [3.63, 3.8) is 0 Å². The smallest absolute Gasteiger partial charge is 0.186 e. The molecule has 1 atom stereocenters. The molecule has 18 heavy (non-hydrogen) atoms. The molecule has 0 bridgehead atoms. The maximum Gasteiger partial charge on any atom is 0.186 e. The lowest BCUT2D eigenvalue weighted by Crippen LogP contribution is -2.08. The van der Waals surface area contributed by atoms with E-state index in [2.05, 4.69) is 38.5 Å². The molecule has 0 aliphatic rings. The highest BCUT2D eigenvalue weighted by molar-refractivity contribution is 14.1. The first-order valence-corrected chi connectivity index (χ1v) is 7.58. The highest BCUT2D eigenvalue weighted by atomic mass is 127. The van der Waals surface area contributed by atoms with Crippen LogP contribution in [0.15, 0.2) is 53.0 Å². The maximum atomic E-state index is 12.4. The standard InChI is InChI=1S/C14H9BrClIO/c15-12-7-6-10(17)8-11(12)14(18)13(16)9-4-2-1-3-5-9/h1-8,13H. The van der Waals surface area contributed by atoms with Gasteiger partial charge in [-0.05, 0) is 46.4 Å². The first-order valence-electron chi connectivity index (χ1n) is 5.28. The van der Waals surface area contributed by atoms with E-state index >= 15 is 0 Å². The molecule has 4 heteroatoms. The van der Waals surface area contributed by atoms with Gasteiger partial charge in [0.1, 0.15) is 5.38 Å². The van der Waals surface area contributed by atoms with Crippen LogP contribution in [0.2, 0.25) is 0 Å². The van der Waals surface area contributed by atoms with Gasteiger partial charge in [-0.1, -0.05) is 46.3 Å². The van der Waals surface area contributed by atoms with Crippen molar-refractivity contribution in [2.45, 2.75) is 5.38 Å². The van der Waals surface area contributed by atoms with Gasteiger partial charge in [-0.2, -0.15) is 0 Å². The van der Waals surface area contributed by atoms with E-state index in [1.807, 2.05) is 48.5 Å². The predicted molar refractivity (Wildman–Crippen MR) is 86.2 cm³/mol. The van der Waals surface area contributed by atoms with Crippen LogP contribution in [0.3, 0.4) is 0 Å². The van der Waals surface area contributed by atoms with E-state index in [0.29, 0.717) is 5.56 Å². The molecule has 0 radical (unpaired) electrons. The molecule has 0 aliphatic carbocycles. The normalized spacial score (nSPS) is 12.2. The first kappa shape index (κ1) is 14.0. The van der Waals surface area contributed by atoms with E-state index in [4.69, 9.17) is 11.6 Å². The summed E-state index contributed by atoms with van der Waals surface area (Å²) >= 11 is 11.8. The van der Waals surface area contributed by atoms with Crippen molar-refractivity contribution in [1.29, 1.82) is 0 Å². The van der Waals surface area contributed by atoms with Crippen molar-refractivity contribution in [1.82, 2.24) is 0 Å².